The summed E-state index contributed by atoms with van der Waals surface area (Å²) in [6, 6.07) is 0. The summed E-state index contributed by atoms with van der Waals surface area (Å²) in [6.45, 7) is 2.13. The van der Waals surface area contributed by atoms with Gasteiger partial charge >= 0.3 is 29.6 Å². The van der Waals surface area contributed by atoms with Crippen LogP contribution in [0.4, 0.5) is 0 Å². The number of aliphatic hydroxyl groups excluding tert-OH is 1. The third-order valence-corrected chi connectivity index (χ3v) is 3.40. The van der Waals surface area contributed by atoms with Gasteiger partial charge in [0.05, 0.1) is 6.10 Å². The molecule has 0 saturated carbocycles. The van der Waals surface area contributed by atoms with Crippen molar-refractivity contribution in [3.63, 3.8) is 0 Å². The topological polar surface area (TPSA) is 60.4 Å². The number of allylic oxidation sites excluding steroid dienone is 3. The molecule has 1 N–H and O–H groups in total. The maximum atomic E-state index is 10.2. The van der Waals surface area contributed by atoms with Crippen molar-refractivity contribution in [3.8, 4) is 0 Å². The van der Waals surface area contributed by atoms with E-state index in [1.807, 2.05) is 12.2 Å². The molecule has 1 atom stereocenters. The monoisotopic (exact) mass is 318 g/mol. The summed E-state index contributed by atoms with van der Waals surface area (Å²) >= 11 is 0. The van der Waals surface area contributed by atoms with E-state index in [1.54, 1.807) is 0 Å². The molecule has 0 aliphatic carbocycles. The van der Waals surface area contributed by atoms with Gasteiger partial charge in [0.15, 0.2) is 0 Å². The second kappa shape index (κ2) is 19.0. The first-order valence-corrected chi connectivity index (χ1v) is 8.36. The fraction of sp³-hybridized carbons (Fsp3) is 0.722. The summed E-state index contributed by atoms with van der Waals surface area (Å²) < 4.78 is 0. The molecule has 0 saturated heterocycles. The summed E-state index contributed by atoms with van der Waals surface area (Å²) in [5, 5.41) is 19.8. The molecule has 0 heterocycles. The van der Waals surface area contributed by atoms with Crippen molar-refractivity contribution >= 4 is 5.97 Å². The molecule has 0 bridgehead atoms. The Bertz CT molecular complexity index is 301. The van der Waals surface area contributed by atoms with Gasteiger partial charge in [-0.2, -0.15) is 0 Å². The van der Waals surface area contributed by atoms with E-state index in [2.05, 4.69) is 19.1 Å². The van der Waals surface area contributed by atoms with E-state index in [9.17, 15) is 15.0 Å². The summed E-state index contributed by atoms with van der Waals surface area (Å²) in [6.07, 6.45) is 18.3. The summed E-state index contributed by atoms with van der Waals surface area (Å²) in [7, 11) is 0. The second-order valence-corrected chi connectivity index (χ2v) is 5.52. The molecule has 0 rings (SSSR count). The average molecular weight is 318 g/mol. The molecule has 122 valence electrons. The zero-order valence-electron chi connectivity index (χ0n) is 14.4. The molecule has 1 unspecified atom stereocenters. The fourth-order valence-electron chi connectivity index (χ4n) is 2.10. The Balaban J connectivity index is 0. The van der Waals surface area contributed by atoms with Gasteiger partial charge in [0.2, 0.25) is 0 Å². The largest absolute Gasteiger partial charge is 1.00 e. The maximum Gasteiger partial charge on any atom is 1.00 e. The van der Waals surface area contributed by atoms with Gasteiger partial charge in [-0.05, 0) is 38.5 Å². The van der Waals surface area contributed by atoms with Crippen LogP contribution in [0.25, 0.3) is 0 Å². The number of aliphatic carboxylic acids is 1. The Morgan fingerprint density at radius 3 is 2.41 bits per heavy atom. The van der Waals surface area contributed by atoms with Gasteiger partial charge in [0.1, 0.15) is 0 Å². The van der Waals surface area contributed by atoms with Crippen molar-refractivity contribution in [1.29, 1.82) is 0 Å². The van der Waals surface area contributed by atoms with Gasteiger partial charge in [-0.1, -0.05) is 63.3 Å². The van der Waals surface area contributed by atoms with E-state index in [4.69, 9.17) is 0 Å². The minimum atomic E-state index is -0.939. The number of rotatable bonds is 14. The minimum absolute atomic E-state index is 0. The third kappa shape index (κ3) is 19.9. The van der Waals surface area contributed by atoms with E-state index in [-0.39, 0.29) is 42.1 Å². The minimum Gasteiger partial charge on any atom is -0.550 e. The SMILES string of the molecule is CCCCC(O)/C=C\C/C=C\CCCCCCCC(=O)[O-].[Na+]. The van der Waals surface area contributed by atoms with Crippen molar-refractivity contribution < 1.29 is 44.6 Å². The van der Waals surface area contributed by atoms with Crippen LogP contribution in [0, 0.1) is 0 Å². The quantitative estimate of drug-likeness (QED) is 0.289. The Hall–Kier alpha value is -0.0900. The molecule has 0 aliphatic rings. The van der Waals surface area contributed by atoms with Crippen LogP contribution in [0.3, 0.4) is 0 Å². The van der Waals surface area contributed by atoms with Crippen molar-refractivity contribution in [1.82, 2.24) is 0 Å². The zero-order valence-corrected chi connectivity index (χ0v) is 16.4. The Morgan fingerprint density at radius 1 is 1.05 bits per heavy atom. The number of carboxylic acid groups (broad SMARTS) is 1. The predicted octanol–water partition coefficient (Wildman–Crippen LogP) is 0.525. The van der Waals surface area contributed by atoms with Crippen molar-refractivity contribution in [2.75, 3.05) is 0 Å². The van der Waals surface area contributed by atoms with Crippen molar-refractivity contribution in [2.24, 2.45) is 0 Å². The van der Waals surface area contributed by atoms with Crippen LogP contribution >= 0.6 is 0 Å². The fourth-order valence-corrected chi connectivity index (χ4v) is 2.10. The van der Waals surface area contributed by atoms with Crippen molar-refractivity contribution in [3.05, 3.63) is 24.3 Å². The van der Waals surface area contributed by atoms with Gasteiger partial charge in [-0.25, -0.2) is 0 Å². The number of unbranched alkanes of at least 4 members (excludes halogenated alkanes) is 6. The number of carbonyl (C=O) groups is 1. The molecule has 4 heteroatoms. The molecule has 0 aliphatic heterocycles. The van der Waals surface area contributed by atoms with E-state index < -0.39 is 5.97 Å². The standard InChI is InChI=1S/C18H32O3.Na/c1-2-3-14-17(19)15-12-10-8-6-4-5-7-9-11-13-16-18(20)21;/h6,8,12,15,17,19H,2-5,7,9-11,13-14,16H2,1H3,(H,20,21);/q;+1/p-1/b8-6-,15-12-;. The molecule has 0 aromatic carbocycles. The van der Waals surface area contributed by atoms with Gasteiger partial charge in [-0.3, -0.25) is 0 Å². The molecule has 3 nitrogen and oxygen atoms in total. The van der Waals surface area contributed by atoms with Gasteiger partial charge in [0.25, 0.3) is 0 Å². The van der Waals surface area contributed by atoms with Gasteiger partial charge < -0.3 is 15.0 Å². The molecule has 0 aromatic rings. The third-order valence-electron chi connectivity index (χ3n) is 3.40. The average Bonchev–Trinajstić information content (AvgIpc) is 2.45. The van der Waals surface area contributed by atoms with Crippen LogP contribution in [0.2, 0.25) is 0 Å². The second-order valence-electron chi connectivity index (χ2n) is 5.52. The summed E-state index contributed by atoms with van der Waals surface area (Å²) in [4.78, 5) is 10.2. The first-order chi connectivity index (χ1) is 10.2. The first-order valence-electron chi connectivity index (χ1n) is 8.36. The molecule has 22 heavy (non-hydrogen) atoms. The molecular weight excluding hydrogens is 287 g/mol. The Kier molecular flexibility index (Phi) is 20.8. The molecule has 0 amide bonds. The molecule has 0 spiro atoms. The number of carboxylic acids is 1. The predicted molar refractivity (Wildman–Crippen MR) is 85.8 cm³/mol. The van der Waals surface area contributed by atoms with Crippen LogP contribution < -0.4 is 34.7 Å². The molecule has 0 radical (unpaired) electrons. The zero-order chi connectivity index (χ0) is 15.8. The Morgan fingerprint density at radius 2 is 1.73 bits per heavy atom. The molecule has 0 fully saturated rings. The van der Waals surface area contributed by atoms with Crippen LogP contribution in [0.1, 0.15) is 77.6 Å². The van der Waals surface area contributed by atoms with Crippen molar-refractivity contribution in [2.45, 2.75) is 83.7 Å². The number of hydrogen-bond acceptors (Lipinski definition) is 3. The van der Waals surface area contributed by atoms with E-state index in [0.29, 0.717) is 0 Å². The number of hydrogen-bond donors (Lipinski definition) is 1. The van der Waals surface area contributed by atoms with E-state index in [1.165, 1.54) is 0 Å². The molecule has 0 aromatic heterocycles. The summed E-state index contributed by atoms with van der Waals surface area (Å²) in [5.74, 6) is -0.939. The van der Waals surface area contributed by atoms with E-state index >= 15 is 0 Å². The summed E-state index contributed by atoms with van der Waals surface area (Å²) in [5.41, 5.74) is 0. The number of carbonyl (C=O) groups excluding carboxylic acids is 1. The van der Waals surface area contributed by atoms with Crippen LogP contribution in [-0.4, -0.2) is 17.2 Å². The maximum absolute atomic E-state index is 10.2. The molecular formula is C18H31NaO3. The normalized spacial score (nSPS) is 12.6. The van der Waals surface area contributed by atoms with Gasteiger partial charge in [-0.15, -0.1) is 0 Å². The van der Waals surface area contributed by atoms with Crippen LogP contribution in [-0.2, 0) is 4.79 Å². The van der Waals surface area contributed by atoms with Gasteiger partial charge in [0, 0.05) is 5.97 Å². The van der Waals surface area contributed by atoms with E-state index in [0.717, 1.165) is 64.2 Å². The Labute approximate surface area is 158 Å². The van der Waals surface area contributed by atoms with Crippen LogP contribution in [0.5, 0.6) is 0 Å². The number of aliphatic hydroxyl groups is 1. The van der Waals surface area contributed by atoms with Crippen LogP contribution in [0.15, 0.2) is 24.3 Å². The smallest absolute Gasteiger partial charge is 0.550 e. The first kappa shape index (κ1) is 24.2.